The van der Waals surface area contributed by atoms with Crippen molar-refractivity contribution < 1.29 is 8.42 Å². The average molecular weight is 274 g/mol. The van der Waals surface area contributed by atoms with Crippen LogP contribution in [0, 0.1) is 6.92 Å². The molecule has 0 spiro atoms. The highest BCUT2D eigenvalue weighted by molar-refractivity contribution is 7.90. The molecule has 0 saturated heterocycles. The molecule has 3 aromatic rings. The maximum absolute atomic E-state index is 12.5. The summed E-state index contributed by atoms with van der Waals surface area (Å²) in [5.74, 6) is 0. The molecule has 6 nitrogen and oxygen atoms in total. The molecule has 3 rings (SSSR count). The van der Waals surface area contributed by atoms with Gasteiger partial charge in [-0.3, -0.25) is 0 Å². The minimum absolute atomic E-state index is 0.200. The smallest absolute Gasteiger partial charge is 0.239 e. The van der Waals surface area contributed by atoms with E-state index < -0.39 is 10.0 Å². The van der Waals surface area contributed by atoms with Gasteiger partial charge in [0.05, 0.1) is 10.6 Å². The molecule has 19 heavy (non-hydrogen) atoms. The van der Waals surface area contributed by atoms with Crippen LogP contribution in [0.4, 0.5) is 0 Å². The van der Waals surface area contributed by atoms with Crippen LogP contribution in [-0.2, 0) is 10.0 Å². The van der Waals surface area contributed by atoms with E-state index in [9.17, 15) is 8.42 Å². The molecule has 0 aliphatic rings. The Kier molecular flexibility index (Phi) is 2.56. The Hall–Kier alpha value is -2.28. The summed E-state index contributed by atoms with van der Waals surface area (Å²) in [6, 6.07) is 8.18. The third-order valence-corrected chi connectivity index (χ3v) is 4.44. The van der Waals surface area contributed by atoms with Gasteiger partial charge in [0.15, 0.2) is 5.65 Å². The molecule has 2 aromatic heterocycles. The third kappa shape index (κ3) is 1.78. The van der Waals surface area contributed by atoms with Crippen LogP contribution in [0.3, 0.4) is 0 Å². The molecule has 0 amide bonds. The van der Waals surface area contributed by atoms with Crippen LogP contribution in [0.25, 0.3) is 11.2 Å². The van der Waals surface area contributed by atoms with Gasteiger partial charge in [-0.05, 0) is 19.1 Å². The van der Waals surface area contributed by atoms with Crippen LogP contribution in [0.5, 0.6) is 0 Å². The van der Waals surface area contributed by atoms with E-state index in [4.69, 9.17) is 0 Å². The summed E-state index contributed by atoms with van der Waals surface area (Å²) < 4.78 is 26.0. The van der Waals surface area contributed by atoms with E-state index in [1.807, 2.05) is 0 Å². The van der Waals surface area contributed by atoms with Gasteiger partial charge in [0.25, 0.3) is 10.0 Å². The number of rotatable bonds is 2. The third-order valence-electron chi connectivity index (χ3n) is 2.79. The van der Waals surface area contributed by atoms with E-state index in [2.05, 4.69) is 15.0 Å². The van der Waals surface area contributed by atoms with Crippen LogP contribution < -0.4 is 0 Å². The second-order valence-electron chi connectivity index (χ2n) is 3.99. The lowest BCUT2D eigenvalue weighted by Gasteiger charge is -2.05. The maximum atomic E-state index is 12.5. The first-order valence-corrected chi connectivity index (χ1v) is 7.00. The Bertz CT molecular complexity index is 841. The van der Waals surface area contributed by atoms with E-state index in [1.54, 1.807) is 25.1 Å². The van der Waals surface area contributed by atoms with Crippen molar-refractivity contribution in [2.24, 2.45) is 0 Å². The van der Waals surface area contributed by atoms with E-state index in [1.165, 1.54) is 24.8 Å². The second-order valence-corrected chi connectivity index (χ2v) is 5.80. The Morgan fingerprint density at radius 1 is 1.05 bits per heavy atom. The predicted octanol–water partition coefficient (Wildman–Crippen LogP) is 1.37. The summed E-state index contributed by atoms with van der Waals surface area (Å²) in [6.45, 7) is 1.76. The fraction of sp³-hybridized carbons (Fsp3) is 0.0833. The van der Waals surface area contributed by atoms with E-state index in [-0.39, 0.29) is 10.5 Å². The molecular formula is C12H10N4O2S. The van der Waals surface area contributed by atoms with Crippen LogP contribution in [0.15, 0.2) is 47.9 Å². The zero-order valence-electron chi connectivity index (χ0n) is 10.1. The van der Waals surface area contributed by atoms with Gasteiger partial charge < -0.3 is 0 Å². The number of hydrogen-bond donors (Lipinski definition) is 0. The van der Waals surface area contributed by atoms with Gasteiger partial charge in [-0.15, -0.1) is 0 Å². The predicted molar refractivity (Wildman–Crippen MR) is 69.1 cm³/mol. The zero-order valence-corrected chi connectivity index (χ0v) is 10.9. The van der Waals surface area contributed by atoms with E-state index in [0.29, 0.717) is 11.2 Å². The van der Waals surface area contributed by atoms with Crippen molar-refractivity contribution in [3.05, 3.63) is 48.7 Å². The Balaban J connectivity index is 2.29. The summed E-state index contributed by atoms with van der Waals surface area (Å²) in [4.78, 5) is 12.3. The highest BCUT2D eigenvalue weighted by Crippen LogP contribution is 2.19. The van der Waals surface area contributed by atoms with Gasteiger partial charge >= 0.3 is 0 Å². The molecule has 0 radical (unpaired) electrons. The molecule has 7 heteroatoms. The highest BCUT2D eigenvalue weighted by Gasteiger charge is 2.20. The van der Waals surface area contributed by atoms with Gasteiger partial charge in [-0.25, -0.2) is 27.3 Å². The Morgan fingerprint density at radius 3 is 2.53 bits per heavy atom. The molecule has 1 aromatic carbocycles. The Labute approximate surface area is 109 Å². The number of fused-ring (bicyclic) bond motifs is 1. The molecule has 0 N–H and O–H groups in total. The van der Waals surface area contributed by atoms with Crippen molar-refractivity contribution in [1.82, 2.24) is 18.9 Å². The number of imidazole rings is 1. The number of nitrogens with zero attached hydrogens (tertiary/aromatic N) is 4. The zero-order chi connectivity index (χ0) is 13.5. The monoisotopic (exact) mass is 274 g/mol. The first-order valence-electron chi connectivity index (χ1n) is 5.56. The minimum Gasteiger partial charge on any atom is -0.239 e. The molecule has 0 aliphatic carbocycles. The fourth-order valence-corrected chi connectivity index (χ4v) is 3.07. The SMILES string of the molecule is Cc1ncnc2c1ncn2S(=O)(=O)c1ccccc1. The molecule has 0 unspecified atom stereocenters. The topological polar surface area (TPSA) is 77.7 Å². The van der Waals surface area contributed by atoms with Crippen molar-refractivity contribution in [2.45, 2.75) is 11.8 Å². The Morgan fingerprint density at radius 2 is 1.79 bits per heavy atom. The molecule has 0 bridgehead atoms. The van der Waals surface area contributed by atoms with Gasteiger partial charge in [-0.1, -0.05) is 18.2 Å². The van der Waals surface area contributed by atoms with Crippen molar-refractivity contribution >= 4 is 21.2 Å². The molecule has 2 heterocycles. The van der Waals surface area contributed by atoms with Gasteiger partial charge in [-0.2, -0.15) is 0 Å². The summed E-state index contributed by atoms with van der Waals surface area (Å²) in [5, 5.41) is 0. The summed E-state index contributed by atoms with van der Waals surface area (Å²) in [7, 11) is -3.68. The molecular weight excluding hydrogens is 264 g/mol. The van der Waals surface area contributed by atoms with Gasteiger partial charge in [0.2, 0.25) is 0 Å². The van der Waals surface area contributed by atoms with Crippen LogP contribution in [0.2, 0.25) is 0 Å². The fourth-order valence-electron chi connectivity index (χ4n) is 1.81. The minimum atomic E-state index is -3.68. The molecule has 0 atom stereocenters. The van der Waals surface area contributed by atoms with Crippen molar-refractivity contribution in [1.29, 1.82) is 0 Å². The molecule has 0 saturated carbocycles. The molecule has 96 valence electrons. The highest BCUT2D eigenvalue weighted by atomic mass is 32.2. The number of aromatic nitrogens is 4. The average Bonchev–Trinajstić information content (AvgIpc) is 2.86. The lowest BCUT2D eigenvalue weighted by atomic mass is 10.4. The van der Waals surface area contributed by atoms with Crippen molar-refractivity contribution in [2.75, 3.05) is 0 Å². The lowest BCUT2D eigenvalue weighted by Crippen LogP contribution is -2.12. The normalized spacial score (nSPS) is 11.8. The number of benzene rings is 1. The van der Waals surface area contributed by atoms with E-state index in [0.717, 1.165) is 3.97 Å². The largest absolute Gasteiger partial charge is 0.270 e. The number of aryl methyl sites for hydroxylation is 1. The first-order chi connectivity index (χ1) is 9.10. The van der Waals surface area contributed by atoms with Gasteiger partial charge in [0.1, 0.15) is 18.2 Å². The molecule has 0 aliphatic heterocycles. The summed E-state index contributed by atoms with van der Waals surface area (Å²) in [6.07, 6.45) is 2.59. The summed E-state index contributed by atoms with van der Waals surface area (Å²) in [5.41, 5.74) is 1.42. The van der Waals surface area contributed by atoms with Crippen LogP contribution in [-0.4, -0.2) is 27.3 Å². The standard InChI is InChI=1S/C12H10N4O2S/c1-9-11-12(14-7-13-9)16(8-15-11)19(17,18)10-5-3-2-4-6-10/h2-8H,1H3. The van der Waals surface area contributed by atoms with E-state index >= 15 is 0 Å². The van der Waals surface area contributed by atoms with Gasteiger partial charge in [0, 0.05) is 0 Å². The first kappa shape index (κ1) is 11.8. The summed E-state index contributed by atoms with van der Waals surface area (Å²) >= 11 is 0. The van der Waals surface area contributed by atoms with Crippen molar-refractivity contribution in [3.8, 4) is 0 Å². The molecule has 0 fully saturated rings. The maximum Gasteiger partial charge on any atom is 0.270 e. The van der Waals surface area contributed by atoms with Crippen LogP contribution in [0.1, 0.15) is 5.69 Å². The second kappa shape index (κ2) is 4.13. The van der Waals surface area contributed by atoms with Crippen LogP contribution >= 0.6 is 0 Å². The van der Waals surface area contributed by atoms with Crippen molar-refractivity contribution in [3.63, 3.8) is 0 Å². The quantitative estimate of drug-likeness (QED) is 0.705. The lowest BCUT2D eigenvalue weighted by molar-refractivity contribution is 0.588. The number of hydrogen-bond acceptors (Lipinski definition) is 5.